The van der Waals surface area contributed by atoms with Crippen LogP contribution in [0.3, 0.4) is 0 Å². The molecular weight excluding hydrogens is 308 g/mol. The lowest BCUT2D eigenvalue weighted by Gasteiger charge is -2.01. The molecule has 0 aliphatic heterocycles. The van der Waals surface area contributed by atoms with Gasteiger partial charge in [0.05, 0.1) is 5.56 Å². The normalized spacial score (nSPS) is 11.6. The number of hydrogen-bond donors (Lipinski definition) is 1. The lowest BCUT2D eigenvalue weighted by molar-refractivity contribution is 0.0516. The fraction of sp³-hybridized carbons (Fsp3) is 0. The Bertz CT molecular complexity index is 858. The Labute approximate surface area is 129 Å². The van der Waals surface area contributed by atoms with Crippen LogP contribution in [0.15, 0.2) is 52.2 Å². The molecule has 22 heavy (non-hydrogen) atoms. The minimum atomic E-state index is -0.635. The van der Waals surface area contributed by atoms with Crippen molar-refractivity contribution in [2.75, 3.05) is 0 Å². The van der Waals surface area contributed by atoms with Gasteiger partial charge in [0.2, 0.25) is 0 Å². The van der Waals surface area contributed by atoms with Gasteiger partial charge in [-0.1, -0.05) is 16.8 Å². The van der Waals surface area contributed by atoms with E-state index < -0.39 is 5.97 Å². The Hall–Kier alpha value is -2.93. The van der Waals surface area contributed by atoms with Crippen molar-refractivity contribution in [2.45, 2.75) is 0 Å². The third kappa shape index (κ3) is 2.89. The second kappa shape index (κ2) is 5.82. The molecule has 7 nitrogen and oxygen atoms in total. The number of nitrogens with zero attached hydrogens (tertiary/aromatic N) is 3. The highest BCUT2D eigenvalue weighted by atomic mass is 35.5. The molecule has 0 saturated carbocycles. The highest BCUT2D eigenvalue weighted by molar-refractivity contribution is 6.30. The molecule has 3 aromatic rings. The fourth-order valence-corrected chi connectivity index (χ4v) is 1.85. The van der Waals surface area contributed by atoms with Crippen LogP contribution < -0.4 is 5.73 Å². The molecular formula is C14H9ClN4O3. The molecule has 0 aliphatic rings. The maximum Gasteiger partial charge on any atom is 0.365 e. The summed E-state index contributed by atoms with van der Waals surface area (Å²) in [7, 11) is 0. The summed E-state index contributed by atoms with van der Waals surface area (Å²) in [4.78, 5) is 16.6. The second-order valence-corrected chi connectivity index (χ2v) is 4.77. The van der Waals surface area contributed by atoms with Gasteiger partial charge in [0.25, 0.3) is 0 Å². The Morgan fingerprint density at radius 2 is 1.77 bits per heavy atom. The zero-order valence-electron chi connectivity index (χ0n) is 11.1. The van der Waals surface area contributed by atoms with Crippen LogP contribution in [-0.2, 0) is 4.84 Å². The van der Waals surface area contributed by atoms with Gasteiger partial charge in [-0.25, -0.2) is 9.42 Å². The summed E-state index contributed by atoms with van der Waals surface area (Å²) in [5, 5.41) is 11.5. The molecule has 8 heteroatoms. The number of hydrogen-bond acceptors (Lipinski definition) is 6. The fourth-order valence-electron chi connectivity index (χ4n) is 1.72. The van der Waals surface area contributed by atoms with Gasteiger partial charge in [-0.2, -0.15) is 0 Å². The van der Waals surface area contributed by atoms with Gasteiger partial charge < -0.3 is 10.6 Å². The topological polar surface area (TPSA) is 104 Å². The summed E-state index contributed by atoms with van der Waals surface area (Å²) in [6.07, 6.45) is 0. The third-order valence-electron chi connectivity index (χ3n) is 2.86. The molecule has 1 heterocycles. The zero-order valence-corrected chi connectivity index (χ0v) is 11.8. The average molecular weight is 317 g/mol. The van der Waals surface area contributed by atoms with Crippen LogP contribution in [0.2, 0.25) is 5.02 Å². The van der Waals surface area contributed by atoms with E-state index in [4.69, 9.17) is 22.2 Å². The van der Waals surface area contributed by atoms with Gasteiger partial charge in [-0.15, -0.1) is 0 Å². The van der Waals surface area contributed by atoms with E-state index in [1.54, 1.807) is 30.3 Å². The van der Waals surface area contributed by atoms with Crippen LogP contribution in [0.1, 0.15) is 15.9 Å². The van der Waals surface area contributed by atoms with Crippen molar-refractivity contribution in [3.8, 4) is 0 Å². The Balaban J connectivity index is 1.76. The first kappa shape index (κ1) is 14.0. The van der Waals surface area contributed by atoms with Gasteiger partial charge in [0.15, 0.2) is 5.84 Å². The van der Waals surface area contributed by atoms with Crippen LogP contribution in [0.4, 0.5) is 0 Å². The number of fused-ring (bicyclic) bond motifs is 1. The number of amidine groups is 1. The van der Waals surface area contributed by atoms with E-state index in [-0.39, 0.29) is 5.84 Å². The van der Waals surface area contributed by atoms with E-state index in [2.05, 4.69) is 20.1 Å². The molecule has 2 N–H and O–H groups in total. The van der Waals surface area contributed by atoms with E-state index in [1.807, 2.05) is 0 Å². The minimum absolute atomic E-state index is 0.0345. The van der Waals surface area contributed by atoms with Crippen molar-refractivity contribution in [2.24, 2.45) is 10.9 Å². The Kier molecular flexibility index (Phi) is 3.71. The number of carbonyl (C=O) groups is 1. The van der Waals surface area contributed by atoms with Crippen LogP contribution in [0, 0.1) is 0 Å². The third-order valence-corrected chi connectivity index (χ3v) is 3.11. The van der Waals surface area contributed by atoms with Crippen LogP contribution >= 0.6 is 11.6 Å². The summed E-state index contributed by atoms with van der Waals surface area (Å²) in [6, 6.07) is 11.2. The number of halogens is 1. The lowest BCUT2D eigenvalue weighted by Crippen LogP contribution is -2.15. The first-order valence-electron chi connectivity index (χ1n) is 6.16. The summed E-state index contributed by atoms with van der Waals surface area (Å²) in [5.74, 6) is -0.601. The Morgan fingerprint density at radius 1 is 1.09 bits per heavy atom. The SMILES string of the molecule is NC(=NOC(=O)c1ccc(Cl)cc1)c1ccc2nonc2c1. The molecule has 2 aromatic carbocycles. The van der Waals surface area contributed by atoms with E-state index in [0.29, 0.717) is 27.2 Å². The van der Waals surface area contributed by atoms with Crippen molar-refractivity contribution in [3.05, 3.63) is 58.6 Å². The van der Waals surface area contributed by atoms with E-state index >= 15 is 0 Å². The number of aromatic nitrogens is 2. The van der Waals surface area contributed by atoms with E-state index in [1.165, 1.54) is 12.1 Å². The number of benzene rings is 2. The molecule has 0 fully saturated rings. The van der Waals surface area contributed by atoms with E-state index in [0.717, 1.165) is 0 Å². The quantitative estimate of drug-likeness (QED) is 0.344. The van der Waals surface area contributed by atoms with Crippen LogP contribution in [-0.4, -0.2) is 22.1 Å². The van der Waals surface area contributed by atoms with Gasteiger partial charge in [0, 0.05) is 10.6 Å². The largest absolute Gasteiger partial charge is 0.380 e. The summed E-state index contributed by atoms with van der Waals surface area (Å²) >= 11 is 5.74. The number of carbonyl (C=O) groups excluding carboxylic acids is 1. The van der Waals surface area contributed by atoms with Crippen LogP contribution in [0.5, 0.6) is 0 Å². The first-order chi connectivity index (χ1) is 10.6. The molecule has 0 amide bonds. The second-order valence-electron chi connectivity index (χ2n) is 4.33. The van der Waals surface area contributed by atoms with Crippen molar-refractivity contribution < 1.29 is 14.3 Å². The van der Waals surface area contributed by atoms with Crippen molar-refractivity contribution in [3.63, 3.8) is 0 Å². The smallest absolute Gasteiger partial charge is 0.365 e. The van der Waals surface area contributed by atoms with Gasteiger partial charge in [-0.05, 0) is 52.8 Å². The maximum atomic E-state index is 11.8. The highest BCUT2D eigenvalue weighted by Crippen LogP contribution is 2.12. The van der Waals surface area contributed by atoms with Crippen molar-refractivity contribution in [1.82, 2.24) is 10.3 Å². The molecule has 0 bridgehead atoms. The molecule has 0 spiro atoms. The predicted molar refractivity (Wildman–Crippen MR) is 79.4 cm³/mol. The first-order valence-corrected chi connectivity index (χ1v) is 6.54. The van der Waals surface area contributed by atoms with Gasteiger partial charge in [0.1, 0.15) is 11.0 Å². The molecule has 0 saturated heterocycles. The summed E-state index contributed by atoms with van der Waals surface area (Å²) in [5.41, 5.74) is 7.75. The molecule has 110 valence electrons. The molecule has 0 atom stereocenters. The van der Waals surface area contributed by atoms with Crippen LogP contribution in [0.25, 0.3) is 11.0 Å². The molecule has 3 rings (SSSR count). The Morgan fingerprint density at radius 3 is 2.55 bits per heavy atom. The number of rotatable bonds is 3. The standard InChI is InChI=1S/C14H9ClN4O3/c15-10-4-1-8(2-5-10)14(20)21-19-13(16)9-3-6-11-12(7-9)18-22-17-11/h1-7H,(H2,16,19). The molecule has 1 aromatic heterocycles. The zero-order chi connectivity index (χ0) is 15.5. The molecule has 0 radical (unpaired) electrons. The van der Waals surface area contributed by atoms with Gasteiger partial charge in [-0.3, -0.25) is 0 Å². The predicted octanol–water partition coefficient (Wildman–Crippen LogP) is 2.35. The molecule has 0 unspecified atom stereocenters. The monoisotopic (exact) mass is 316 g/mol. The van der Waals surface area contributed by atoms with E-state index in [9.17, 15) is 4.79 Å². The highest BCUT2D eigenvalue weighted by Gasteiger charge is 2.09. The lowest BCUT2D eigenvalue weighted by atomic mass is 10.2. The summed E-state index contributed by atoms with van der Waals surface area (Å²) in [6.45, 7) is 0. The average Bonchev–Trinajstić information content (AvgIpc) is 3.00. The number of nitrogens with two attached hydrogens (primary N) is 1. The van der Waals surface area contributed by atoms with Crippen molar-refractivity contribution >= 4 is 34.4 Å². The molecule has 0 aliphatic carbocycles. The van der Waals surface area contributed by atoms with Crippen molar-refractivity contribution in [1.29, 1.82) is 0 Å². The van der Waals surface area contributed by atoms with Gasteiger partial charge >= 0.3 is 5.97 Å². The minimum Gasteiger partial charge on any atom is -0.380 e. The maximum absolute atomic E-state index is 11.8. The number of oxime groups is 1. The summed E-state index contributed by atoms with van der Waals surface area (Å²) < 4.78 is 4.59.